The molecule has 0 aliphatic rings. The number of benzene rings is 3. The lowest BCUT2D eigenvalue weighted by atomic mass is 9.87. The van der Waals surface area contributed by atoms with Gasteiger partial charge in [0.1, 0.15) is 0 Å². The van der Waals surface area contributed by atoms with Crippen molar-refractivity contribution in [3.8, 4) is 17.1 Å². The summed E-state index contributed by atoms with van der Waals surface area (Å²) in [6.07, 6.45) is 0. The van der Waals surface area contributed by atoms with Gasteiger partial charge in [0.05, 0.1) is 0 Å². The van der Waals surface area contributed by atoms with E-state index >= 15 is 0 Å². The number of aromatic nitrogens is 4. The van der Waals surface area contributed by atoms with Crippen LogP contribution in [0.4, 0.5) is 0 Å². The van der Waals surface area contributed by atoms with Crippen LogP contribution in [-0.4, -0.2) is 19.7 Å². The van der Waals surface area contributed by atoms with Gasteiger partial charge in [-0.3, -0.25) is 4.57 Å². The van der Waals surface area contributed by atoms with Crippen LogP contribution >= 0.6 is 11.8 Å². The van der Waals surface area contributed by atoms with Crippen LogP contribution in [0.2, 0.25) is 0 Å². The number of aryl methyl sites for hydroxylation is 1. The van der Waals surface area contributed by atoms with Gasteiger partial charge in [-0.15, -0.1) is 10.2 Å². The standard InChI is InChI=1S/C28H28N4S/c1-19-24(23-12-8-9-13-25(23)29-19)18-33-27-31-30-26(32(27)22-10-6-5-7-11-22)20-14-16-21(17-15-20)28(2,3)4/h5-17,29H,18H2,1-4H3. The lowest BCUT2D eigenvalue weighted by Gasteiger charge is -2.19. The number of nitrogens with one attached hydrogen (secondary N) is 1. The van der Waals surface area contributed by atoms with Crippen LogP contribution in [0.3, 0.4) is 0 Å². The van der Waals surface area contributed by atoms with E-state index in [4.69, 9.17) is 0 Å². The molecule has 1 N–H and O–H groups in total. The minimum atomic E-state index is 0.115. The minimum absolute atomic E-state index is 0.115. The molecule has 0 aliphatic heterocycles. The third-order valence-electron chi connectivity index (χ3n) is 6.03. The lowest BCUT2D eigenvalue weighted by molar-refractivity contribution is 0.590. The Morgan fingerprint density at radius 3 is 2.27 bits per heavy atom. The number of thioether (sulfide) groups is 1. The second-order valence-corrected chi connectivity index (χ2v) is 10.3. The van der Waals surface area contributed by atoms with Crippen molar-refractivity contribution in [3.05, 3.63) is 95.7 Å². The molecule has 0 saturated carbocycles. The molecule has 0 fully saturated rings. The van der Waals surface area contributed by atoms with Gasteiger partial charge in [-0.1, -0.05) is 93.2 Å². The van der Waals surface area contributed by atoms with Gasteiger partial charge in [0.2, 0.25) is 0 Å². The largest absolute Gasteiger partial charge is 0.358 e. The Hall–Kier alpha value is -3.31. The first-order valence-corrected chi connectivity index (χ1v) is 12.2. The minimum Gasteiger partial charge on any atom is -0.358 e. The number of fused-ring (bicyclic) bond motifs is 1. The summed E-state index contributed by atoms with van der Waals surface area (Å²) in [4.78, 5) is 3.50. The zero-order valence-electron chi connectivity index (χ0n) is 19.5. The van der Waals surface area contributed by atoms with Crippen molar-refractivity contribution in [2.45, 2.75) is 44.0 Å². The number of H-pyrrole nitrogens is 1. The molecule has 0 aliphatic carbocycles. The summed E-state index contributed by atoms with van der Waals surface area (Å²) < 4.78 is 2.17. The molecule has 0 spiro atoms. The third-order valence-corrected chi connectivity index (χ3v) is 6.98. The van der Waals surface area contributed by atoms with Gasteiger partial charge in [-0.05, 0) is 41.7 Å². The average molecular weight is 453 g/mol. The van der Waals surface area contributed by atoms with E-state index in [0.29, 0.717) is 0 Å². The molecule has 0 amide bonds. The van der Waals surface area contributed by atoms with E-state index in [2.05, 4.69) is 120 Å². The van der Waals surface area contributed by atoms with Crippen LogP contribution < -0.4 is 0 Å². The maximum atomic E-state index is 4.62. The first-order valence-electron chi connectivity index (χ1n) is 11.2. The highest BCUT2D eigenvalue weighted by molar-refractivity contribution is 7.98. The number of hydrogen-bond acceptors (Lipinski definition) is 3. The zero-order valence-corrected chi connectivity index (χ0v) is 20.3. The van der Waals surface area contributed by atoms with Gasteiger partial charge >= 0.3 is 0 Å². The highest BCUT2D eigenvalue weighted by Crippen LogP contribution is 2.33. The molecule has 0 unspecified atom stereocenters. The van der Waals surface area contributed by atoms with Crippen molar-refractivity contribution in [2.24, 2.45) is 0 Å². The molecule has 0 atom stereocenters. The Morgan fingerprint density at radius 2 is 1.55 bits per heavy atom. The van der Waals surface area contributed by atoms with E-state index in [9.17, 15) is 0 Å². The second kappa shape index (κ2) is 8.56. The van der Waals surface area contributed by atoms with Gasteiger partial charge in [-0.2, -0.15) is 0 Å². The quantitative estimate of drug-likeness (QED) is 0.284. The summed E-state index contributed by atoms with van der Waals surface area (Å²) >= 11 is 1.72. The molecule has 5 aromatic rings. The van der Waals surface area contributed by atoms with E-state index < -0.39 is 0 Å². The number of hydrogen-bond donors (Lipinski definition) is 1. The van der Waals surface area contributed by atoms with Crippen LogP contribution in [0.1, 0.15) is 37.6 Å². The number of nitrogens with zero attached hydrogens (tertiary/aromatic N) is 3. The van der Waals surface area contributed by atoms with E-state index in [-0.39, 0.29) is 5.41 Å². The molecule has 0 bridgehead atoms. The van der Waals surface area contributed by atoms with Crippen LogP contribution in [0.15, 0.2) is 84.0 Å². The molecule has 5 heteroatoms. The monoisotopic (exact) mass is 452 g/mol. The predicted octanol–water partition coefficient (Wildman–Crippen LogP) is 7.31. The normalized spacial score (nSPS) is 11.9. The summed E-state index contributed by atoms with van der Waals surface area (Å²) in [5.74, 6) is 1.68. The molecule has 4 nitrogen and oxygen atoms in total. The zero-order chi connectivity index (χ0) is 23.0. The van der Waals surface area contributed by atoms with E-state index in [1.807, 2.05) is 6.07 Å². The molecular formula is C28H28N4S. The Labute approximate surface area is 199 Å². The number of rotatable bonds is 5. The van der Waals surface area contributed by atoms with Crippen molar-refractivity contribution in [1.82, 2.24) is 19.7 Å². The first kappa shape index (κ1) is 21.5. The van der Waals surface area contributed by atoms with Crippen molar-refractivity contribution < 1.29 is 0 Å². The van der Waals surface area contributed by atoms with Crippen LogP contribution in [0.25, 0.3) is 28.0 Å². The van der Waals surface area contributed by atoms with Crippen LogP contribution in [0.5, 0.6) is 0 Å². The molecule has 0 saturated heterocycles. The molecule has 3 aromatic carbocycles. The molecular weight excluding hydrogens is 424 g/mol. The van der Waals surface area contributed by atoms with Crippen molar-refractivity contribution in [2.75, 3.05) is 0 Å². The summed E-state index contributed by atoms with van der Waals surface area (Å²) in [6, 6.07) is 27.5. The highest BCUT2D eigenvalue weighted by atomic mass is 32.2. The lowest BCUT2D eigenvalue weighted by Crippen LogP contribution is -2.10. The Kier molecular flexibility index (Phi) is 5.59. The Morgan fingerprint density at radius 1 is 0.848 bits per heavy atom. The highest BCUT2D eigenvalue weighted by Gasteiger charge is 2.19. The fourth-order valence-corrected chi connectivity index (χ4v) is 5.20. The van der Waals surface area contributed by atoms with E-state index in [1.165, 1.54) is 27.7 Å². The first-order chi connectivity index (χ1) is 15.9. The average Bonchev–Trinajstić information content (AvgIpc) is 3.38. The molecule has 0 radical (unpaired) electrons. The predicted molar refractivity (Wildman–Crippen MR) is 138 cm³/mol. The van der Waals surface area contributed by atoms with Crippen LogP contribution in [-0.2, 0) is 11.2 Å². The van der Waals surface area contributed by atoms with Crippen LogP contribution in [0, 0.1) is 6.92 Å². The molecule has 2 heterocycles. The summed E-state index contributed by atoms with van der Waals surface area (Å²) in [5.41, 5.74) is 7.24. The molecule has 2 aromatic heterocycles. The molecule has 166 valence electrons. The Bertz CT molecular complexity index is 1390. The fourth-order valence-electron chi connectivity index (χ4n) is 4.14. The SMILES string of the molecule is Cc1[nH]c2ccccc2c1CSc1nnc(-c2ccc(C(C)(C)C)cc2)n1-c1ccccc1. The van der Waals surface area contributed by atoms with Gasteiger partial charge in [-0.25, -0.2) is 0 Å². The topological polar surface area (TPSA) is 46.5 Å². The molecule has 5 rings (SSSR count). The number of para-hydroxylation sites is 2. The van der Waals surface area contributed by atoms with Gasteiger partial charge in [0.25, 0.3) is 0 Å². The smallest absolute Gasteiger partial charge is 0.196 e. The second-order valence-electron chi connectivity index (χ2n) is 9.37. The van der Waals surface area contributed by atoms with Gasteiger partial charge in [0.15, 0.2) is 11.0 Å². The van der Waals surface area contributed by atoms with Gasteiger partial charge in [0, 0.05) is 33.6 Å². The fraction of sp³-hybridized carbons (Fsp3) is 0.214. The van der Waals surface area contributed by atoms with Gasteiger partial charge < -0.3 is 4.98 Å². The van der Waals surface area contributed by atoms with Crippen molar-refractivity contribution >= 4 is 22.7 Å². The number of aromatic amines is 1. The summed E-state index contributed by atoms with van der Waals surface area (Å²) in [5, 5.41) is 11.4. The summed E-state index contributed by atoms with van der Waals surface area (Å²) in [7, 11) is 0. The van der Waals surface area contributed by atoms with E-state index in [1.54, 1.807) is 11.8 Å². The van der Waals surface area contributed by atoms with E-state index in [0.717, 1.165) is 28.0 Å². The third kappa shape index (κ3) is 4.21. The summed E-state index contributed by atoms with van der Waals surface area (Å²) in [6.45, 7) is 8.84. The van der Waals surface area contributed by atoms with Crippen molar-refractivity contribution in [3.63, 3.8) is 0 Å². The Balaban J connectivity index is 1.53. The van der Waals surface area contributed by atoms with Crippen molar-refractivity contribution in [1.29, 1.82) is 0 Å². The maximum absolute atomic E-state index is 4.62. The maximum Gasteiger partial charge on any atom is 0.196 e. The molecule has 33 heavy (non-hydrogen) atoms.